The van der Waals surface area contributed by atoms with Gasteiger partial charge in [-0.1, -0.05) is 13.8 Å². The van der Waals surface area contributed by atoms with Crippen molar-refractivity contribution in [3.63, 3.8) is 0 Å². The summed E-state index contributed by atoms with van der Waals surface area (Å²) in [7, 11) is 2.05. The van der Waals surface area contributed by atoms with Gasteiger partial charge in [-0.2, -0.15) is 0 Å². The standard InChI is InChI=1S/C15H27N3O/c1-13(2)17-11-15(3,19)12-18(4)10-7-14-5-8-16-9-6-14/h5-6,8-9,13,17,19H,7,10-12H2,1-4H3. The first-order chi connectivity index (χ1) is 8.89. The van der Waals surface area contributed by atoms with Crippen LogP contribution in [-0.4, -0.2) is 53.3 Å². The second kappa shape index (κ2) is 7.58. The number of hydrogen-bond donors (Lipinski definition) is 2. The van der Waals surface area contributed by atoms with Crippen LogP contribution in [0.4, 0.5) is 0 Å². The third-order valence-corrected chi connectivity index (χ3v) is 3.03. The maximum Gasteiger partial charge on any atom is 0.0869 e. The molecular weight excluding hydrogens is 238 g/mol. The van der Waals surface area contributed by atoms with Crippen molar-refractivity contribution in [2.24, 2.45) is 0 Å². The van der Waals surface area contributed by atoms with E-state index in [1.54, 1.807) is 0 Å². The van der Waals surface area contributed by atoms with E-state index in [4.69, 9.17) is 0 Å². The summed E-state index contributed by atoms with van der Waals surface area (Å²) in [6.45, 7) is 8.27. The minimum absolute atomic E-state index is 0.397. The van der Waals surface area contributed by atoms with E-state index in [0.717, 1.165) is 13.0 Å². The van der Waals surface area contributed by atoms with Crippen LogP contribution in [0, 0.1) is 0 Å². The molecule has 1 unspecified atom stereocenters. The molecule has 0 bridgehead atoms. The molecule has 0 aliphatic heterocycles. The normalized spacial score (nSPS) is 14.9. The zero-order valence-corrected chi connectivity index (χ0v) is 12.6. The molecule has 1 aromatic heterocycles. The smallest absolute Gasteiger partial charge is 0.0869 e. The predicted molar refractivity (Wildman–Crippen MR) is 79.2 cm³/mol. The molecular formula is C15H27N3O. The van der Waals surface area contributed by atoms with Gasteiger partial charge in [-0.15, -0.1) is 0 Å². The van der Waals surface area contributed by atoms with Crippen LogP contribution in [0.5, 0.6) is 0 Å². The molecule has 19 heavy (non-hydrogen) atoms. The SMILES string of the molecule is CC(C)NCC(C)(O)CN(C)CCc1ccncc1. The van der Waals surface area contributed by atoms with Gasteiger partial charge in [0.25, 0.3) is 0 Å². The molecule has 0 aromatic carbocycles. The van der Waals surface area contributed by atoms with Crippen LogP contribution in [-0.2, 0) is 6.42 Å². The fourth-order valence-electron chi connectivity index (χ4n) is 2.01. The minimum Gasteiger partial charge on any atom is -0.388 e. The average Bonchev–Trinajstić information content (AvgIpc) is 2.35. The summed E-state index contributed by atoms with van der Waals surface area (Å²) in [5, 5.41) is 13.6. The summed E-state index contributed by atoms with van der Waals surface area (Å²) < 4.78 is 0. The van der Waals surface area contributed by atoms with E-state index in [9.17, 15) is 5.11 Å². The van der Waals surface area contributed by atoms with Crippen molar-refractivity contribution in [2.45, 2.75) is 38.8 Å². The van der Waals surface area contributed by atoms with Gasteiger partial charge in [0.2, 0.25) is 0 Å². The highest BCUT2D eigenvalue weighted by atomic mass is 16.3. The fraction of sp³-hybridized carbons (Fsp3) is 0.667. The number of nitrogens with zero attached hydrogens (tertiary/aromatic N) is 2. The third-order valence-electron chi connectivity index (χ3n) is 3.03. The molecule has 0 spiro atoms. The largest absolute Gasteiger partial charge is 0.388 e. The number of aromatic nitrogens is 1. The van der Waals surface area contributed by atoms with Crippen molar-refractivity contribution < 1.29 is 5.11 Å². The quantitative estimate of drug-likeness (QED) is 0.744. The summed E-state index contributed by atoms with van der Waals surface area (Å²) in [6, 6.07) is 4.46. The van der Waals surface area contributed by atoms with Crippen LogP contribution < -0.4 is 5.32 Å². The van der Waals surface area contributed by atoms with Gasteiger partial charge >= 0.3 is 0 Å². The maximum absolute atomic E-state index is 10.3. The second-order valence-corrected chi connectivity index (χ2v) is 5.88. The van der Waals surface area contributed by atoms with E-state index in [1.165, 1.54) is 5.56 Å². The van der Waals surface area contributed by atoms with Gasteiger partial charge in [0.05, 0.1) is 5.60 Å². The van der Waals surface area contributed by atoms with Gasteiger partial charge in [0.1, 0.15) is 0 Å². The lowest BCUT2D eigenvalue weighted by atomic mass is 10.1. The molecule has 1 atom stereocenters. The Kier molecular flexibility index (Phi) is 6.42. The third kappa shape index (κ3) is 7.25. The Morgan fingerprint density at radius 2 is 2.00 bits per heavy atom. The lowest BCUT2D eigenvalue weighted by Crippen LogP contribution is -2.48. The molecule has 4 nitrogen and oxygen atoms in total. The Hall–Kier alpha value is -0.970. The molecule has 108 valence electrons. The van der Waals surface area contributed by atoms with Gasteiger partial charge in [-0.05, 0) is 38.1 Å². The summed E-state index contributed by atoms with van der Waals surface area (Å²) in [6.07, 6.45) is 4.61. The van der Waals surface area contributed by atoms with Crippen molar-refractivity contribution in [3.05, 3.63) is 30.1 Å². The fourth-order valence-corrected chi connectivity index (χ4v) is 2.01. The van der Waals surface area contributed by atoms with Crippen molar-refractivity contribution >= 4 is 0 Å². The number of aliphatic hydroxyl groups is 1. The van der Waals surface area contributed by atoms with Crippen LogP contribution in [0.2, 0.25) is 0 Å². The van der Waals surface area contributed by atoms with Crippen LogP contribution in [0.3, 0.4) is 0 Å². The van der Waals surface area contributed by atoms with Gasteiger partial charge in [-0.3, -0.25) is 4.98 Å². The van der Waals surface area contributed by atoms with Crippen LogP contribution in [0.25, 0.3) is 0 Å². The van der Waals surface area contributed by atoms with E-state index < -0.39 is 5.60 Å². The van der Waals surface area contributed by atoms with Crippen molar-refractivity contribution in [3.8, 4) is 0 Å². The van der Waals surface area contributed by atoms with E-state index in [2.05, 4.69) is 29.0 Å². The number of rotatable bonds is 8. The monoisotopic (exact) mass is 265 g/mol. The van der Waals surface area contributed by atoms with Crippen LogP contribution >= 0.6 is 0 Å². The molecule has 1 aromatic rings. The van der Waals surface area contributed by atoms with Gasteiger partial charge in [0.15, 0.2) is 0 Å². The van der Waals surface area contributed by atoms with Gasteiger partial charge in [0, 0.05) is 38.1 Å². The Morgan fingerprint density at radius 1 is 1.37 bits per heavy atom. The molecule has 1 rings (SSSR count). The molecule has 4 heteroatoms. The Morgan fingerprint density at radius 3 is 2.58 bits per heavy atom. The summed E-state index contributed by atoms with van der Waals surface area (Å²) in [5.74, 6) is 0. The molecule has 0 aliphatic carbocycles. The van der Waals surface area contributed by atoms with Crippen molar-refractivity contribution in [1.82, 2.24) is 15.2 Å². The van der Waals surface area contributed by atoms with Crippen LogP contribution in [0.1, 0.15) is 26.3 Å². The van der Waals surface area contributed by atoms with Crippen molar-refractivity contribution in [2.75, 3.05) is 26.7 Å². The van der Waals surface area contributed by atoms with Crippen molar-refractivity contribution in [1.29, 1.82) is 0 Å². The topological polar surface area (TPSA) is 48.4 Å². The lowest BCUT2D eigenvalue weighted by Gasteiger charge is -2.30. The zero-order chi connectivity index (χ0) is 14.3. The van der Waals surface area contributed by atoms with E-state index in [-0.39, 0.29) is 0 Å². The number of likely N-dealkylation sites (N-methyl/N-ethyl adjacent to an activating group) is 1. The highest BCUT2D eigenvalue weighted by Crippen LogP contribution is 2.06. The molecule has 2 N–H and O–H groups in total. The number of hydrogen-bond acceptors (Lipinski definition) is 4. The minimum atomic E-state index is -0.697. The highest BCUT2D eigenvalue weighted by molar-refractivity contribution is 5.09. The molecule has 0 saturated carbocycles. The molecule has 0 amide bonds. The molecule has 0 radical (unpaired) electrons. The summed E-state index contributed by atoms with van der Waals surface area (Å²) in [5.41, 5.74) is 0.582. The Bertz CT molecular complexity index is 352. The number of pyridine rings is 1. The first kappa shape index (κ1) is 16.1. The summed E-state index contributed by atoms with van der Waals surface area (Å²) in [4.78, 5) is 6.18. The molecule has 0 fully saturated rings. The molecule has 0 aliphatic rings. The van der Waals surface area contributed by atoms with Gasteiger partial charge in [-0.25, -0.2) is 0 Å². The number of nitrogens with one attached hydrogen (secondary N) is 1. The van der Waals surface area contributed by atoms with Gasteiger partial charge < -0.3 is 15.3 Å². The Labute approximate surface area is 116 Å². The van der Waals surface area contributed by atoms with E-state index >= 15 is 0 Å². The first-order valence-corrected chi connectivity index (χ1v) is 6.92. The molecule has 1 heterocycles. The lowest BCUT2D eigenvalue weighted by molar-refractivity contribution is 0.0262. The first-order valence-electron chi connectivity index (χ1n) is 6.92. The Balaban J connectivity index is 2.31. The summed E-state index contributed by atoms with van der Waals surface area (Å²) >= 11 is 0. The molecule has 0 saturated heterocycles. The maximum atomic E-state index is 10.3. The van der Waals surface area contributed by atoms with E-state index in [0.29, 0.717) is 19.1 Å². The predicted octanol–water partition coefficient (Wildman–Crippen LogP) is 1.30. The van der Waals surface area contributed by atoms with E-state index in [1.807, 2.05) is 38.5 Å². The zero-order valence-electron chi connectivity index (χ0n) is 12.6. The average molecular weight is 265 g/mol. The highest BCUT2D eigenvalue weighted by Gasteiger charge is 2.22. The second-order valence-electron chi connectivity index (χ2n) is 5.88. The van der Waals surface area contributed by atoms with Crippen LogP contribution in [0.15, 0.2) is 24.5 Å².